The Kier molecular flexibility index (Phi) is 4.24. The van der Waals surface area contributed by atoms with Gasteiger partial charge in [-0.05, 0) is 24.3 Å². The van der Waals surface area contributed by atoms with Crippen LogP contribution in [0.1, 0.15) is 5.69 Å². The van der Waals surface area contributed by atoms with Crippen molar-refractivity contribution < 1.29 is 9.15 Å². The topological polar surface area (TPSA) is 82.5 Å². The van der Waals surface area contributed by atoms with Crippen molar-refractivity contribution >= 4 is 28.1 Å². The third-order valence-electron chi connectivity index (χ3n) is 3.44. The lowest BCUT2D eigenvalue weighted by Gasteiger charge is -1.99. The van der Waals surface area contributed by atoms with Gasteiger partial charge >= 0.3 is 0 Å². The molecule has 0 unspecified atom stereocenters. The highest BCUT2D eigenvalue weighted by Crippen LogP contribution is 2.26. The molecule has 3 aromatic heterocycles. The maximum absolute atomic E-state index is 12.0. The van der Waals surface area contributed by atoms with Gasteiger partial charge in [0.25, 0.3) is 10.8 Å². The van der Waals surface area contributed by atoms with E-state index in [1.807, 2.05) is 29.6 Å². The number of hydrogen-bond donors (Lipinski definition) is 0. The van der Waals surface area contributed by atoms with Crippen molar-refractivity contribution in [2.75, 3.05) is 7.11 Å². The Morgan fingerprint density at radius 2 is 2.12 bits per heavy atom. The fourth-order valence-electron chi connectivity index (χ4n) is 2.22. The summed E-state index contributed by atoms with van der Waals surface area (Å²) in [7, 11) is 1.61. The summed E-state index contributed by atoms with van der Waals surface area (Å²) < 4.78 is 12.3. The van der Waals surface area contributed by atoms with Gasteiger partial charge in [0.1, 0.15) is 5.75 Å². The molecule has 0 fully saturated rings. The van der Waals surface area contributed by atoms with Crippen LogP contribution in [0.3, 0.4) is 0 Å². The summed E-state index contributed by atoms with van der Waals surface area (Å²) in [5.74, 6) is 1.68. The summed E-state index contributed by atoms with van der Waals surface area (Å²) in [6.07, 6.45) is 1.71. The Morgan fingerprint density at radius 1 is 1.28 bits per heavy atom. The van der Waals surface area contributed by atoms with Crippen molar-refractivity contribution in [1.82, 2.24) is 19.6 Å². The molecule has 4 aromatic rings. The maximum atomic E-state index is 12.0. The molecule has 0 aliphatic rings. The molecular formula is C16H12N4O3S2. The molecule has 1 aromatic carbocycles. The molecule has 0 amide bonds. The summed E-state index contributed by atoms with van der Waals surface area (Å²) >= 11 is 2.77. The van der Waals surface area contributed by atoms with Crippen molar-refractivity contribution in [1.29, 1.82) is 0 Å². The van der Waals surface area contributed by atoms with Crippen molar-refractivity contribution in [3.8, 4) is 17.2 Å². The van der Waals surface area contributed by atoms with Gasteiger partial charge in [-0.2, -0.15) is 0 Å². The predicted octanol–water partition coefficient (Wildman–Crippen LogP) is 3.11. The molecule has 0 spiro atoms. The SMILES string of the molecule is COc1ccc(-c2nnc(SCc3cc(=O)n4ccsc4n3)o2)cc1. The Balaban J connectivity index is 1.49. The number of fused-ring (bicyclic) bond motifs is 1. The number of rotatable bonds is 5. The van der Waals surface area contributed by atoms with Crippen LogP contribution < -0.4 is 10.3 Å². The fourth-order valence-corrected chi connectivity index (χ4v) is 3.61. The van der Waals surface area contributed by atoms with Gasteiger partial charge in [-0.15, -0.1) is 21.5 Å². The van der Waals surface area contributed by atoms with E-state index >= 15 is 0 Å². The lowest BCUT2D eigenvalue weighted by Crippen LogP contribution is -2.12. The number of nitrogens with zero attached hydrogens (tertiary/aromatic N) is 4. The van der Waals surface area contributed by atoms with Crippen LogP contribution in [0, 0.1) is 0 Å². The minimum Gasteiger partial charge on any atom is -0.497 e. The smallest absolute Gasteiger partial charge is 0.277 e. The third-order valence-corrected chi connectivity index (χ3v) is 5.05. The molecule has 0 radical (unpaired) electrons. The van der Waals surface area contributed by atoms with Gasteiger partial charge < -0.3 is 9.15 Å². The Morgan fingerprint density at radius 3 is 2.92 bits per heavy atom. The van der Waals surface area contributed by atoms with E-state index in [1.165, 1.54) is 33.6 Å². The molecule has 0 atom stereocenters. The molecule has 0 saturated carbocycles. The molecule has 4 rings (SSSR count). The first-order valence-electron chi connectivity index (χ1n) is 7.29. The summed E-state index contributed by atoms with van der Waals surface area (Å²) in [4.78, 5) is 17.1. The van der Waals surface area contributed by atoms with E-state index in [2.05, 4.69) is 15.2 Å². The first kappa shape index (κ1) is 15.9. The number of ether oxygens (including phenoxy) is 1. The van der Waals surface area contributed by atoms with Crippen LogP contribution in [-0.2, 0) is 5.75 Å². The highest BCUT2D eigenvalue weighted by Gasteiger charge is 2.11. The van der Waals surface area contributed by atoms with Crippen LogP contribution in [0.2, 0.25) is 0 Å². The van der Waals surface area contributed by atoms with E-state index in [9.17, 15) is 4.79 Å². The van der Waals surface area contributed by atoms with E-state index in [-0.39, 0.29) is 5.56 Å². The third kappa shape index (κ3) is 3.28. The first-order valence-corrected chi connectivity index (χ1v) is 9.16. The average molecular weight is 372 g/mol. The second-order valence-electron chi connectivity index (χ2n) is 5.03. The van der Waals surface area contributed by atoms with Gasteiger partial charge in [0.2, 0.25) is 5.89 Å². The van der Waals surface area contributed by atoms with Gasteiger partial charge in [0.05, 0.1) is 12.8 Å². The van der Waals surface area contributed by atoms with Crippen molar-refractivity contribution in [3.63, 3.8) is 0 Å². The standard InChI is InChI=1S/C16H12N4O3S2/c1-22-12-4-2-10(3-5-12)14-18-19-16(23-14)25-9-11-8-13(21)20-6-7-24-15(20)17-11/h2-8H,9H2,1H3. The summed E-state index contributed by atoms with van der Waals surface area (Å²) in [6.45, 7) is 0. The van der Waals surface area contributed by atoms with Crippen LogP contribution in [0.25, 0.3) is 16.4 Å². The average Bonchev–Trinajstić information content (AvgIpc) is 3.29. The summed E-state index contributed by atoms with van der Waals surface area (Å²) in [5.41, 5.74) is 1.41. The quantitative estimate of drug-likeness (QED) is 0.498. The van der Waals surface area contributed by atoms with E-state index in [4.69, 9.17) is 9.15 Å². The molecular weight excluding hydrogens is 360 g/mol. The molecule has 0 aliphatic heterocycles. The van der Waals surface area contributed by atoms with Crippen LogP contribution in [0.5, 0.6) is 5.75 Å². The number of methoxy groups -OCH3 is 1. The molecule has 25 heavy (non-hydrogen) atoms. The lowest BCUT2D eigenvalue weighted by molar-refractivity contribution is 0.414. The molecule has 0 N–H and O–H groups in total. The molecule has 0 saturated heterocycles. The Labute approximate surface area is 150 Å². The Hall–Kier alpha value is -2.65. The number of thioether (sulfide) groups is 1. The van der Waals surface area contributed by atoms with Crippen LogP contribution in [0.4, 0.5) is 0 Å². The maximum Gasteiger partial charge on any atom is 0.277 e. The minimum atomic E-state index is -0.0914. The summed E-state index contributed by atoms with van der Waals surface area (Å²) in [6, 6.07) is 8.90. The van der Waals surface area contributed by atoms with Crippen molar-refractivity contribution in [2.24, 2.45) is 0 Å². The van der Waals surface area contributed by atoms with Gasteiger partial charge in [-0.25, -0.2) is 4.98 Å². The lowest BCUT2D eigenvalue weighted by atomic mass is 10.2. The van der Waals surface area contributed by atoms with E-state index in [0.29, 0.717) is 27.5 Å². The van der Waals surface area contributed by atoms with Gasteiger partial charge in [-0.3, -0.25) is 9.20 Å². The second-order valence-corrected chi connectivity index (χ2v) is 6.83. The fraction of sp³-hybridized carbons (Fsp3) is 0.125. The molecule has 3 heterocycles. The van der Waals surface area contributed by atoms with Crippen LogP contribution in [0.15, 0.2) is 56.3 Å². The molecule has 0 aliphatic carbocycles. The van der Waals surface area contributed by atoms with Gasteiger partial charge in [0.15, 0.2) is 4.96 Å². The highest BCUT2D eigenvalue weighted by atomic mass is 32.2. The minimum absolute atomic E-state index is 0.0914. The van der Waals surface area contributed by atoms with Gasteiger partial charge in [-0.1, -0.05) is 11.8 Å². The number of aromatic nitrogens is 4. The second kappa shape index (κ2) is 6.69. The highest BCUT2D eigenvalue weighted by molar-refractivity contribution is 7.98. The molecule has 9 heteroatoms. The summed E-state index contributed by atoms with van der Waals surface area (Å²) in [5, 5.41) is 10.3. The Bertz CT molecular complexity index is 1070. The molecule has 126 valence electrons. The molecule has 0 bridgehead atoms. The van der Waals surface area contributed by atoms with Crippen LogP contribution in [-0.4, -0.2) is 26.7 Å². The zero-order chi connectivity index (χ0) is 17.2. The number of benzene rings is 1. The van der Waals surface area contributed by atoms with Gasteiger partial charge in [0, 0.05) is 29.0 Å². The van der Waals surface area contributed by atoms with E-state index in [0.717, 1.165) is 11.3 Å². The zero-order valence-electron chi connectivity index (χ0n) is 13.1. The largest absolute Gasteiger partial charge is 0.497 e. The van der Waals surface area contributed by atoms with E-state index in [1.54, 1.807) is 13.3 Å². The predicted molar refractivity (Wildman–Crippen MR) is 95.2 cm³/mol. The number of hydrogen-bond acceptors (Lipinski definition) is 8. The van der Waals surface area contributed by atoms with E-state index < -0.39 is 0 Å². The van der Waals surface area contributed by atoms with Crippen molar-refractivity contribution in [2.45, 2.75) is 11.0 Å². The van der Waals surface area contributed by atoms with Crippen LogP contribution >= 0.6 is 23.1 Å². The first-order chi connectivity index (χ1) is 12.2. The number of thiazole rings is 1. The van der Waals surface area contributed by atoms with Crippen molar-refractivity contribution in [3.05, 3.63) is 58.0 Å². The monoisotopic (exact) mass is 372 g/mol. The normalized spacial score (nSPS) is 11.1. The zero-order valence-corrected chi connectivity index (χ0v) is 14.7. The molecule has 7 nitrogen and oxygen atoms in total.